The number of nitrogens with one attached hydrogen (secondary N) is 1. The molecule has 0 radical (unpaired) electrons. The molecule has 0 spiro atoms. The molecule has 0 bridgehead atoms. The van der Waals surface area contributed by atoms with Crippen molar-refractivity contribution >= 4 is 11.7 Å². The van der Waals surface area contributed by atoms with Gasteiger partial charge in [0.25, 0.3) is 5.91 Å². The third-order valence-corrected chi connectivity index (χ3v) is 9.20. The van der Waals surface area contributed by atoms with E-state index < -0.39 is 11.7 Å². The predicted octanol–water partition coefficient (Wildman–Crippen LogP) is 4.58. The molecule has 3 aliphatic rings. The Hall–Kier alpha value is -3.55. The molecule has 0 saturated carbocycles. The number of carbonyl (C=O) groups excluding carboxylic acids is 1. The van der Waals surface area contributed by atoms with E-state index in [1.165, 1.54) is 6.07 Å². The number of likely N-dealkylation sites (tertiary alicyclic amines) is 1. The SMILES string of the molecule is CO[C@H]1COCC[C@H]1NCC1CCN(C(=O)c2nc(-c3cc(C)on3)nc(N3CCc4ccc(C(F)(F)F)cc4C3)c2C)CC1. The average Bonchev–Trinajstić information content (AvgIpc) is 3.49. The molecule has 1 N–H and O–H groups in total. The van der Waals surface area contributed by atoms with Gasteiger partial charge in [-0.25, -0.2) is 9.97 Å². The number of ether oxygens (including phenoxy) is 2. The van der Waals surface area contributed by atoms with Crippen molar-refractivity contribution in [2.75, 3.05) is 51.4 Å². The zero-order valence-corrected chi connectivity index (χ0v) is 25.8. The molecule has 1 amide bonds. The van der Waals surface area contributed by atoms with Crippen LogP contribution in [0.2, 0.25) is 0 Å². The second kappa shape index (κ2) is 13.1. The molecule has 0 unspecified atom stereocenters. The lowest BCUT2D eigenvalue weighted by atomic mass is 9.95. The summed E-state index contributed by atoms with van der Waals surface area (Å²) < 4.78 is 56.8. The molecule has 10 nitrogen and oxygen atoms in total. The van der Waals surface area contributed by atoms with Gasteiger partial charge in [-0.05, 0) is 75.3 Å². The molecule has 242 valence electrons. The van der Waals surface area contributed by atoms with Gasteiger partial charge in [-0.1, -0.05) is 11.2 Å². The molecule has 2 saturated heterocycles. The van der Waals surface area contributed by atoms with Crippen LogP contribution >= 0.6 is 0 Å². The van der Waals surface area contributed by atoms with E-state index in [0.29, 0.717) is 67.0 Å². The molecule has 45 heavy (non-hydrogen) atoms. The van der Waals surface area contributed by atoms with Crippen LogP contribution in [0.4, 0.5) is 19.0 Å². The number of benzene rings is 1. The second-order valence-corrected chi connectivity index (χ2v) is 12.2. The monoisotopic (exact) mass is 628 g/mol. The normalized spacial score (nSPS) is 21.2. The Kier molecular flexibility index (Phi) is 9.12. The summed E-state index contributed by atoms with van der Waals surface area (Å²) in [5.74, 6) is 1.57. The molecule has 3 aliphatic heterocycles. The van der Waals surface area contributed by atoms with Crippen molar-refractivity contribution in [2.45, 2.75) is 64.4 Å². The summed E-state index contributed by atoms with van der Waals surface area (Å²) in [7, 11) is 1.71. The van der Waals surface area contributed by atoms with Gasteiger partial charge < -0.3 is 29.1 Å². The van der Waals surface area contributed by atoms with Crippen LogP contribution in [0.5, 0.6) is 0 Å². The van der Waals surface area contributed by atoms with E-state index in [0.717, 1.165) is 44.0 Å². The number of rotatable bonds is 7. The molecule has 5 heterocycles. The summed E-state index contributed by atoms with van der Waals surface area (Å²) in [4.78, 5) is 27.2. The van der Waals surface area contributed by atoms with E-state index in [1.54, 1.807) is 33.1 Å². The first-order chi connectivity index (χ1) is 21.6. The van der Waals surface area contributed by atoms with Crippen LogP contribution < -0.4 is 10.2 Å². The molecule has 0 aliphatic carbocycles. The molecule has 3 aromatic rings. The highest BCUT2D eigenvalue weighted by Gasteiger charge is 2.34. The Bertz CT molecular complexity index is 1520. The number of halogens is 3. The number of anilines is 1. The third-order valence-electron chi connectivity index (χ3n) is 9.20. The molecular weight excluding hydrogens is 589 g/mol. The zero-order valence-electron chi connectivity index (χ0n) is 25.8. The first kappa shape index (κ1) is 31.4. The topological polar surface area (TPSA) is 106 Å². The molecule has 2 fully saturated rings. The number of aryl methyl sites for hydroxylation is 1. The van der Waals surface area contributed by atoms with E-state index in [2.05, 4.69) is 15.5 Å². The number of methoxy groups -OCH3 is 1. The summed E-state index contributed by atoms with van der Waals surface area (Å²) in [6.07, 6.45) is -1.21. The fraction of sp³-hybridized carbons (Fsp3) is 0.562. The van der Waals surface area contributed by atoms with Crippen LogP contribution in [0, 0.1) is 19.8 Å². The van der Waals surface area contributed by atoms with Crippen molar-refractivity contribution in [2.24, 2.45) is 5.92 Å². The van der Waals surface area contributed by atoms with E-state index in [-0.39, 0.29) is 36.1 Å². The number of hydrogen-bond donors (Lipinski definition) is 1. The first-order valence-corrected chi connectivity index (χ1v) is 15.5. The highest BCUT2D eigenvalue weighted by Crippen LogP contribution is 2.34. The van der Waals surface area contributed by atoms with E-state index in [4.69, 9.17) is 19.0 Å². The summed E-state index contributed by atoms with van der Waals surface area (Å²) in [5, 5.41) is 7.73. The van der Waals surface area contributed by atoms with E-state index in [1.807, 2.05) is 9.80 Å². The van der Waals surface area contributed by atoms with Gasteiger partial charge in [0.15, 0.2) is 11.5 Å². The van der Waals surface area contributed by atoms with Gasteiger partial charge in [-0.3, -0.25) is 4.79 Å². The smallest absolute Gasteiger partial charge is 0.379 e. The van der Waals surface area contributed by atoms with Crippen molar-refractivity contribution in [3.05, 3.63) is 58.0 Å². The lowest BCUT2D eigenvalue weighted by Gasteiger charge is -2.36. The highest BCUT2D eigenvalue weighted by molar-refractivity contribution is 5.95. The van der Waals surface area contributed by atoms with Gasteiger partial charge in [0.2, 0.25) is 0 Å². The van der Waals surface area contributed by atoms with Crippen LogP contribution in [-0.2, 0) is 28.6 Å². The van der Waals surface area contributed by atoms with Crippen molar-refractivity contribution in [1.82, 2.24) is 25.3 Å². The van der Waals surface area contributed by atoms with Gasteiger partial charge in [-0.15, -0.1) is 0 Å². The standard InChI is InChI=1S/C32H39F3N6O4/c1-19-14-26(39-45-19)29-37-28(31(42)40-10-6-21(7-11-40)16-36-25-9-13-44-18-27(25)43-3)20(2)30(38-29)41-12-8-22-4-5-24(32(33,34)35)15-23(22)17-41/h4-5,14-15,21,25,27,36H,6-13,16-18H2,1-3H3/t25-,27+/m1/s1. The Balaban J connectivity index is 1.21. The number of carbonyl (C=O) groups is 1. The highest BCUT2D eigenvalue weighted by atomic mass is 19.4. The minimum absolute atomic E-state index is 0.0399. The van der Waals surface area contributed by atoms with E-state index >= 15 is 0 Å². The van der Waals surface area contributed by atoms with Crippen molar-refractivity contribution in [3.63, 3.8) is 0 Å². The maximum absolute atomic E-state index is 14.0. The first-order valence-electron chi connectivity index (χ1n) is 15.5. The molecular formula is C32H39F3N6O4. The Morgan fingerprint density at radius 2 is 1.89 bits per heavy atom. The van der Waals surface area contributed by atoms with Gasteiger partial charge in [0.05, 0.1) is 18.3 Å². The van der Waals surface area contributed by atoms with Crippen LogP contribution in [-0.4, -0.2) is 84.6 Å². The number of aromatic nitrogens is 3. The largest absolute Gasteiger partial charge is 0.416 e. The summed E-state index contributed by atoms with van der Waals surface area (Å²) in [5.41, 5.74) is 2.05. The van der Waals surface area contributed by atoms with Crippen LogP contribution in [0.25, 0.3) is 11.5 Å². The molecule has 1 aromatic carbocycles. The zero-order chi connectivity index (χ0) is 31.7. The lowest BCUT2D eigenvalue weighted by Crippen LogP contribution is -2.50. The van der Waals surface area contributed by atoms with Gasteiger partial charge in [0.1, 0.15) is 17.3 Å². The van der Waals surface area contributed by atoms with Crippen molar-refractivity contribution < 1.29 is 32.0 Å². The lowest BCUT2D eigenvalue weighted by molar-refractivity contribution is -0.137. The third kappa shape index (κ3) is 6.85. The number of alkyl halides is 3. The Morgan fingerprint density at radius 3 is 2.60 bits per heavy atom. The number of hydrogen-bond acceptors (Lipinski definition) is 9. The van der Waals surface area contributed by atoms with Crippen LogP contribution in [0.3, 0.4) is 0 Å². The maximum Gasteiger partial charge on any atom is 0.416 e. The maximum atomic E-state index is 14.0. The number of nitrogens with zero attached hydrogens (tertiary/aromatic N) is 5. The second-order valence-electron chi connectivity index (χ2n) is 12.2. The minimum Gasteiger partial charge on any atom is -0.379 e. The minimum atomic E-state index is -4.43. The molecule has 13 heteroatoms. The molecule has 2 aromatic heterocycles. The van der Waals surface area contributed by atoms with Gasteiger partial charge in [-0.2, -0.15) is 13.2 Å². The van der Waals surface area contributed by atoms with Crippen molar-refractivity contribution in [1.29, 1.82) is 0 Å². The molecule has 2 atom stereocenters. The van der Waals surface area contributed by atoms with E-state index in [9.17, 15) is 18.0 Å². The number of fused-ring (bicyclic) bond motifs is 1. The molecule has 6 rings (SSSR count). The van der Waals surface area contributed by atoms with Gasteiger partial charge >= 0.3 is 6.18 Å². The van der Waals surface area contributed by atoms with Crippen LogP contribution in [0.15, 0.2) is 28.8 Å². The number of piperidine rings is 1. The quantitative estimate of drug-likeness (QED) is 0.403. The summed E-state index contributed by atoms with van der Waals surface area (Å²) in [6.45, 7) is 7.70. The summed E-state index contributed by atoms with van der Waals surface area (Å²) >= 11 is 0. The fourth-order valence-electron chi connectivity index (χ4n) is 6.51. The Morgan fingerprint density at radius 1 is 1.09 bits per heavy atom. The van der Waals surface area contributed by atoms with Crippen molar-refractivity contribution in [3.8, 4) is 11.5 Å². The van der Waals surface area contributed by atoms with Gasteiger partial charge in [0, 0.05) is 57.6 Å². The average molecular weight is 629 g/mol. The number of amides is 1. The fourth-order valence-corrected chi connectivity index (χ4v) is 6.51. The Labute approximate surface area is 260 Å². The van der Waals surface area contributed by atoms with Crippen LogP contribution in [0.1, 0.15) is 57.8 Å². The summed E-state index contributed by atoms with van der Waals surface area (Å²) in [6, 6.07) is 5.86. The predicted molar refractivity (Wildman–Crippen MR) is 160 cm³/mol.